The van der Waals surface area contributed by atoms with Gasteiger partial charge in [-0.3, -0.25) is 15.4 Å². The van der Waals surface area contributed by atoms with Gasteiger partial charge in [0.15, 0.2) is 11.0 Å². The number of pyridine rings is 3. The number of aliphatic imine (C=N–C) groups is 1. The van der Waals surface area contributed by atoms with Gasteiger partial charge in [-0.25, -0.2) is 9.98 Å². The molecule has 3 aromatic heterocycles. The molecule has 0 aliphatic carbocycles. The van der Waals surface area contributed by atoms with E-state index in [4.69, 9.17) is 15.9 Å². The second kappa shape index (κ2) is 8.45. The van der Waals surface area contributed by atoms with Crippen molar-refractivity contribution in [2.45, 2.75) is 25.4 Å². The number of hydrogen-bond donors (Lipinski definition) is 2. The van der Waals surface area contributed by atoms with E-state index in [0.29, 0.717) is 22.5 Å². The summed E-state index contributed by atoms with van der Waals surface area (Å²) in [5.41, 5.74) is 9.55. The first-order valence-corrected chi connectivity index (χ1v) is 9.88. The van der Waals surface area contributed by atoms with E-state index in [0.717, 1.165) is 53.4 Å². The van der Waals surface area contributed by atoms with Crippen LogP contribution in [0.1, 0.15) is 19.3 Å². The fraction of sp³-hybridized carbons (Fsp3) is 0.250. The third-order valence-corrected chi connectivity index (χ3v) is 5.16. The zero-order valence-electron chi connectivity index (χ0n) is 15.2. The van der Waals surface area contributed by atoms with Crippen LogP contribution < -0.4 is 5.73 Å². The van der Waals surface area contributed by atoms with Crippen LogP contribution >= 0.6 is 11.8 Å². The Morgan fingerprint density at radius 2 is 2.07 bits per heavy atom. The van der Waals surface area contributed by atoms with Crippen LogP contribution in [0.25, 0.3) is 22.2 Å². The maximum absolute atomic E-state index is 8.11. The summed E-state index contributed by atoms with van der Waals surface area (Å²) in [4.78, 5) is 17.5. The SMILES string of the molecule is N=C(CC1CCCO1)SC(N)=Nc1ccc2nccc(-c3ccncc3)c2n1. The molecule has 0 spiro atoms. The molecule has 1 aliphatic heterocycles. The van der Waals surface area contributed by atoms with Crippen LogP contribution in [0.2, 0.25) is 0 Å². The molecule has 1 unspecified atom stereocenters. The quantitative estimate of drug-likeness (QED) is 0.514. The summed E-state index contributed by atoms with van der Waals surface area (Å²) in [5.74, 6) is 0.491. The monoisotopic (exact) mass is 392 g/mol. The van der Waals surface area contributed by atoms with Crippen molar-refractivity contribution >= 4 is 38.8 Å². The Labute approximate surface area is 167 Å². The van der Waals surface area contributed by atoms with Crippen molar-refractivity contribution in [3.05, 3.63) is 48.9 Å². The first-order chi connectivity index (χ1) is 13.7. The van der Waals surface area contributed by atoms with Gasteiger partial charge >= 0.3 is 0 Å². The van der Waals surface area contributed by atoms with Crippen molar-refractivity contribution in [2.75, 3.05) is 6.61 Å². The summed E-state index contributed by atoms with van der Waals surface area (Å²) in [6.07, 6.45) is 8.01. The molecule has 4 rings (SSSR count). The maximum Gasteiger partial charge on any atom is 0.166 e. The molecule has 142 valence electrons. The number of nitrogens with two attached hydrogens (primary N) is 1. The van der Waals surface area contributed by atoms with E-state index in [2.05, 4.69) is 19.9 Å². The fourth-order valence-corrected chi connectivity index (χ4v) is 3.82. The molecule has 1 saturated heterocycles. The highest BCUT2D eigenvalue weighted by Gasteiger charge is 2.18. The summed E-state index contributed by atoms with van der Waals surface area (Å²) in [6.45, 7) is 0.779. The molecule has 0 aromatic carbocycles. The molecule has 0 bridgehead atoms. The minimum Gasteiger partial charge on any atom is -0.378 e. The van der Waals surface area contributed by atoms with E-state index in [1.807, 2.05) is 24.3 Å². The van der Waals surface area contributed by atoms with Crippen LogP contribution in [-0.4, -0.2) is 37.9 Å². The molecule has 3 aromatic rings. The van der Waals surface area contributed by atoms with Crippen molar-refractivity contribution in [3.63, 3.8) is 0 Å². The summed E-state index contributed by atoms with van der Waals surface area (Å²) >= 11 is 1.15. The minimum absolute atomic E-state index is 0.126. The van der Waals surface area contributed by atoms with Gasteiger partial charge in [-0.05, 0) is 60.5 Å². The van der Waals surface area contributed by atoms with E-state index in [1.54, 1.807) is 24.7 Å². The second-order valence-electron chi connectivity index (χ2n) is 6.45. The van der Waals surface area contributed by atoms with Crippen LogP contribution in [0.4, 0.5) is 5.82 Å². The van der Waals surface area contributed by atoms with Gasteiger partial charge in [-0.2, -0.15) is 0 Å². The lowest BCUT2D eigenvalue weighted by atomic mass is 10.1. The smallest absolute Gasteiger partial charge is 0.166 e. The molecule has 3 N–H and O–H groups in total. The molecular weight excluding hydrogens is 372 g/mol. The number of nitrogens with one attached hydrogen (secondary N) is 1. The molecule has 7 nitrogen and oxygen atoms in total. The molecule has 0 radical (unpaired) electrons. The average Bonchev–Trinajstić information content (AvgIpc) is 3.21. The highest BCUT2D eigenvalue weighted by Crippen LogP contribution is 2.27. The summed E-state index contributed by atoms with van der Waals surface area (Å²) in [7, 11) is 0. The standard InChI is InChI=1S/C20H20N6OS/c21-17(12-14-2-1-11-27-14)28-20(22)26-18-4-3-16-19(25-18)15(7-10-24-16)13-5-8-23-9-6-13/h3-10,14,21H,1-2,11-12H2,(H2,22,25,26). The van der Waals surface area contributed by atoms with Crippen LogP contribution in [0.3, 0.4) is 0 Å². The summed E-state index contributed by atoms with van der Waals surface area (Å²) < 4.78 is 5.57. The molecule has 1 fully saturated rings. The maximum atomic E-state index is 8.11. The number of amidine groups is 1. The van der Waals surface area contributed by atoms with Gasteiger partial charge in [0.25, 0.3) is 0 Å². The number of rotatable bonds is 4. The van der Waals surface area contributed by atoms with Crippen molar-refractivity contribution in [2.24, 2.45) is 10.7 Å². The highest BCUT2D eigenvalue weighted by atomic mass is 32.2. The number of ether oxygens (including phenoxy) is 1. The van der Waals surface area contributed by atoms with Crippen LogP contribution in [0, 0.1) is 5.41 Å². The Bertz CT molecular complexity index is 1020. The van der Waals surface area contributed by atoms with Gasteiger partial charge in [-0.15, -0.1) is 0 Å². The first kappa shape index (κ1) is 18.5. The van der Waals surface area contributed by atoms with Gasteiger partial charge < -0.3 is 10.5 Å². The van der Waals surface area contributed by atoms with Gasteiger partial charge in [0.1, 0.15) is 0 Å². The minimum atomic E-state index is 0.126. The molecule has 1 atom stereocenters. The lowest BCUT2D eigenvalue weighted by molar-refractivity contribution is 0.117. The predicted octanol–water partition coefficient (Wildman–Crippen LogP) is 3.92. The number of fused-ring (bicyclic) bond motifs is 1. The Balaban J connectivity index is 1.56. The first-order valence-electron chi connectivity index (χ1n) is 9.06. The van der Waals surface area contributed by atoms with Gasteiger partial charge in [0, 0.05) is 37.2 Å². The van der Waals surface area contributed by atoms with E-state index in [1.165, 1.54) is 0 Å². The Morgan fingerprint density at radius 3 is 2.86 bits per heavy atom. The molecule has 0 saturated carbocycles. The summed E-state index contributed by atoms with van der Waals surface area (Å²) in [5, 5.41) is 8.86. The van der Waals surface area contributed by atoms with E-state index in [-0.39, 0.29) is 6.10 Å². The van der Waals surface area contributed by atoms with Crippen molar-refractivity contribution < 1.29 is 4.74 Å². The molecule has 4 heterocycles. The van der Waals surface area contributed by atoms with Crippen molar-refractivity contribution in [1.29, 1.82) is 5.41 Å². The fourth-order valence-electron chi connectivity index (χ4n) is 3.16. The van der Waals surface area contributed by atoms with Gasteiger partial charge in [0.05, 0.1) is 22.2 Å². The van der Waals surface area contributed by atoms with E-state index in [9.17, 15) is 0 Å². The average molecular weight is 392 g/mol. The van der Waals surface area contributed by atoms with Crippen molar-refractivity contribution in [1.82, 2.24) is 15.0 Å². The lowest BCUT2D eigenvalue weighted by Gasteiger charge is -2.09. The third-order valence-electron chi connectivity index (χ3n) is 4.45. The van der Waals surface area contributed by atoms with Gasteiger partial charge in [0.2, 0.25) is 0 Å². The van der Waals surface area contributed by atoms with E-state index >= 15 is 0 Å². The molecule has 28 heavy (non-hydrogen) atoms. The Hall–Kier alpha value is -2.84. The highest BCUT2D eigenvalue weighted by molar-refractivity contribution is 8.26. The zero-order valence-corrected chi connectivity index (χ0v) is 16.0. The summed E-state index contributed by atoms with van der Waals surface area (Å²) in [6, 6.07) is 9.45. The number of hydrogen-bond acceptors (Lipinski definition) is 7. The molecule has 0 amide bonds. The largest absolute Gasteiger partial charge is 0.378 e. The topological polar surface area (TPSA) is 110 Å². The van der Waals surface area contributed by atoms with Gasteiger partial charge in [-0.1, -0.05) is 0 Å². The number of nitrogens with zero attached hydrogens (tertiary/aromatic N) is 4. The lowest BCUT2D eigenvalue weighted by Crippen LogP contribution is -2.14. The normalized spacial score (nSPS) is 17.1. The molecular formula is C20H20N6OS. The van der Waals surface area contributed by atoms with E-state index < -0.39 is 0 Å². The molecule has 8 heteroatoms. The predicted molar refractivity (Wildman–Crippen MR) is 113 cm³/mol. The zero-order chi connectivity index (χ0) is 19.3. The Morgan fingerprint density at radius 1 is 1.21 bits per heavy atom. The van der Waals surface area contributed by atoms with Crippen LogP contribution in [-0.2, 0) is 4.74 Å². The number of thioether (sulfide) groups is 1. The number of aromatic nitrogens is 3. The van der Waals surface area contributed by atoms with Crippen LogP contribution in [0.5, 0.6) is 0 Å². The van der Waals surface area contributed by atoms with Crippen molar-refractivity contribution in [3.8, 4) is 11.1 Å². The molecule has 1 aliphatic rings. The Kier molecular flexibility index (Phi) is 5.59. The second-order valence-corrected chi connectivity index (χ2v) is 7.56. The third kappa shape index (κ3) is 4.35. The van der Waals surface area contributed by atoms with Crippen LogP contribution in [0.15, 0.2) is 53.9 Å².